The monoisotopic (exact) mass is 337 g/mol. The molecule has 1 aliphatic heterocycles. The molecule has 0 saturated carbocycles. The molecule has 0 bridgehead atoms. The highest BCUT2D eigenvalue weighted by Gasteiger charge is 2.32. The van der Waals surface area contributed by atoms with E-state index in [9.17, 15) is 9.59 Å². The number of aliphatic carboxylic acids is 1. The molecule has 1 amide bonds. The summed E-state index contributed by atoms with van der Waals surface area (Å²) in [6, 6.07) is 5.23. The van der Waals surface area contributed by atoms with Gasteiger partial charge in [0.05, 0.1) is 26.9 Å². The number of carbonyl (C=O) groups excluding carboxylic acids is 1. The van der Waals surface area contributed by atoms with Crippen LogP contribution < -0.4 is 14.8 Å². The second-order valence-electron chi connectivity index (χ2n) is 4.45. The van der Waals surface area contributed by atoms with Crippen molar-refractivity contribution in [1.29, 1.82) is 0 Å². The van der Waals surface area contributed by atoms with Gasteiger partial charge in [0.2, 0.25) is 5.91 Å². The van der Waals surface area contributed by atoms with Crippen LogP contribution in [0.15, 0.2) is 28.4 Å². The first kappa shape index (κ1) is 16.8. The van der Waals surface area contributed by atoms with E-state index in [4.69, 9.17) is 14.6 Å². The maximum absolute atomic E-state index is 11.6. The average Bonchev–Trinajstić information content (AvgIpc) is 2.86. The Labute approximate surface area is 136 Å². The Morgan fingerprint density at radius 2 is 2.22 bits per heavy atom. The number of amides is 1. The van der Waals surface area contributed by atoms with E-state index in [1.807, 2.05) is 0 Å². The summed E-state index contributed by atoms with van der Waals surface area (Å²) in [6.07, 6.45) is 1.20. The van der Waals surface area contributed by atoms with E-state index in [1.54, 1.807) is 25.3 Å². The van der Waals surface area contributed by atoms with E-state index in [0.29, 0.717) is 17.1 Å². The highest BCUT2D eigenvalue weighted by Crippen LogP contribution is 2.24. The van der Waals surface area contributed by atoms with Crippen LogP contribution in [0.1, 0.15) is 12.0 Å². The van der Waals surface area contributed by atoms with E-state index in [0.717, 1.165) is 11.8 Å². The summed E-state index contributed by atoms with van der Waals surface area (Å²) in [6.45, 7) is 0. The minimum Gasteiger partial charge on any atom is -0.497 e. The molecule has 0 aliphatic carbocycles. The normalized spacial score (nSPS) is 19.1. The number of carboxylic acids is 1. The van der Waals surface area contributed by atoms with Crippen molar-refractivity contribution in [2.45, 2.75) is 11.7 Å². The van der Waals surface area contributed by atoms with Crippen molar-refractivity contribution in [3.05, 3.63) is 23.8 Å². The van der Waals surface area contributed by atoms with Crippen LogP contribution in [0.25, 0.3) is 0 Å². The molecule has 1 fully saturated rings. The van der Waals surface area contributed by atoms with Crippen molar-refractivity contribution in [3.63, 3.8) is 0 Å². The maximum Gasteiger partial charge on any atom is 0.305 e. The molecule has 0 radical (unpaired) electrons. The number of carboxylic acid groups (broad SMARTS) is 1. The van der Waals surface area contributed by atoms with Gasteiger partial charge in [-0.05, 0) is 18.2 Å². The second-order valence-corrected chi connectivity index (χ2v) is 5.64. The van der Waals surface area contributed by atoms with Gasteiger partial charge in [-0.15, -0.1) is 5.10 Å². The van der Waals surface area contributed by atoms with Crippen molar-refractivity contribution < 1.29 is 24.2 Å². The third kappa shape index (κ3) is 4.46. The molecule has 1 atom stereocenters. The molecule has 122 valence electrons. The zero-order chi connectivity index (χ0) is 16.8. The number of hydrogen-bond donors (Lipinski definition) is 2. The Morgan fingerprint density at radius 3 is 2.87 bits per heavy atom. The first-order valence-corrected chi connectivity index (χ1v) is 7.44. The number of nitrogens with zero attached hydrogens (tertiary/aromatic N) is 2. The van der Waals surface area contributed by atoms with E-state index in [-0.39, 0.29) is 17.5 Å². The number of hydrogen-bond acceptors (Lipinski definition) is 7. The third-order valence-electron chi connectivity index (χ3n) is 2.92. The Balaban J connectivity index is 2.09. The maximum atomic E-state index is 11.6. The van der Waals surface area contributed by atoms with Gasteiger partial charge in [0, 0.05) is 5.56 Å². The van der Waals surface area contributed by atoms with Gasteiger partial charge in [-0.3, -0.25) is 9.59 Å². The molecule has 9 heteroatoms. The second kappa shape index (κ2) is 7.63. The minimum absolute atomic E-state index is 0.261. The van der Waals surface area contributed by atoms with Crippen LogP contribution >= 0.6 is 11.8 Å². The fourth-order valence-corrected chi connectivity index (χ4v) is 2.74. The van der Waals surface area contributed by atoms with E-state index >= 15 is 0 Å². The van der Waals surface area contributed by atoms with Crippen molar-refractivity contribution in [3.8, 4) is 11.5 Å². The predicted octanol–water partition coefficient (Wildman–Crippen LogP) is 1.10. The molecule has 1 unspecified atom stereocenters. The molecule has 23 heavy (non-hydrogen) atoms. The molecule has 2 N–H and O–H groups in total. The third-order valence-corrected chi connectivity index (χ3v) is 3.99. The smallest absolute Gasteiger partial charge is 0.305 e. The average molecular weight is 337 g/mol. The van der Waals surface area contributed by atoms with Gasteiger partial charge in [-0.2, -0.15) is 5.10 Å². The van der Waals surface area contributed by atoms with Gasteiger partial charge in [-0.1, -0.05) is 11.8 Å². The summed E-state index contributed by atoms with van der Waals surface area (Å²) in [5.41, 5.74) is 0.660. The van der Waals surface area contributed by atoms with Gasteiger partial charge in [0.1, 0.15) is 16.7 Å². The Kier molecular flexibility index (Phi) is 5.58. The Bertz CT molecular complexity index is 674. The number of thioether (sulfide) groups is 1. The van der Waals surface area contributed by atoms with Crippen molar-refractivity contribution in [2.75, 3.05) is 14.2 Å². The highest BCUT2D eigenvalue weighted by molar-refractivity contribution is 8.15. The van der Waals surface area contributed by atoms with E-state index in [1.165, 1.54) is 13.3 Å². The van der Waals surface area contributed by atoms with Crippen LogP contribution in [0, 0.1) is 0 Å². The largest absolute Gasteiger partial charge is 0.497 e. The highest BCUT2D eigenvalue weighted by atomic mass is 32.2. The fraction of sp³-hybridized carbons (Fsp3) is 0.286. The molecular formula is C14H15N3O5S. The van der Waals surface area contributed by atoms with Crippen LogP contribution in [0.2, 0.25) is 0 Å². The summed E-state index contributed by atoms with van der Waals surface area (Å²) in [5.74, 6) is -0.180. The Morgan fingerprint density at radius 1 is 1.43 bits per heavy atom. The number of amidine groups is 1. The zero-order valence-electron chi connectivity index (χ0n) is 12.5. The molecule has 0 spiro atoms. The molecule has 1 aromatic carbocycles. The van der Waals surface area contributed by atoms with Crippen molar-refractivity contribution in [1.82, 2.24) is 5.32 Å². The van der Waals surface area contributed by atoms with Crippen LogP contribution in [0.5, 0.6) is 11.5 Å². The number of ether oxygens (including phenoxy) is 2. The summed E-state index contributed by atoms with van der Waals surface area (Å²) in [4.78, 5) is 22.2. The molecule has 1 heterocycles. The van der Waals surface area contributed by atoms with Gasteiger partial charge < -0.3 is 19.9 Å². The SMILES string of the molecule is COc1ccc(OC)c(/C=N\N=C2/NC(=O)C(CC(=O)O)S2)c1. The summed E-state index contributed by atoms with van der Waals surface area (Å²) < 4.78 is 10.3. The lowest BCUT2D eigenvalue weighted by molar-refractivity contribution is -0.138. The molecule has 1 saturated heterocycles. The topological polar surface area (TPSA) is 110 Å². The van der Waals surface area contributed by atoms with Gasteiger partial charge >= 0.3 is 5.97 Å². The van der Waals surface area contributed by atoms with E-state index in [2.05, 4.69) is 15.5 Å². The van der Waals surface area contributed by atoms with Crippen LogP contribution in [-0.2, 0) is 9.59 Å². The quantitative estimate of drug-likeness (QED) is 0.594. The number of carbonyl (C=O) groups is 2. The first-order chi connectivity index (χ1) is 11.0. The molecular weight excluding hydrogens is 322 g/mol. The van der Waals surface area contributed by atoms with Crippen molar-refractivity contribution >= 4 is 35.0 Å². The molecule has 0 aromatic heterocycles. The number of benzene rings is 1. The van der Waals surface area contributed by atoms with Gasteiger partial charge in [0.15, 0.2) is 5.17 Å². The standard InChI is InChI=1S/C14H15N3O5S/c1-21-9-3-4-10(22-2)8(5-9)7-15-17-14-16-13(20)11(23-14)6-12(18)19/h3-5,7,11H,6H2,1-2H3,(H,18,19)(H,16,17,20)/b15-7-. The summed E-state index contributed by atoms with van der Waals surface area (Å²) in [7, 11) is 3.09. The predicted molar refractivity (Wildman–Crippen MR) is 86.3 cm³/mol. The molecule has 2 rings (SSSR count). The molecule has 1 aliphatic rings. The number of rotatable bonds is 6. The van der Waals surface area contributed by atoms with E-state index < -0.39 is 11.2 Å². The lowest BCUT2D eigenvalue weighted by atomic mass is 10.2. The van der Waals surface area contributed by atoms with Crippen LogP contribution in [0.3, 0.4) is 0 Å². The number of methoxy groups -OCH3 is 2. The van der Waals surface area contributed by atoms with Gasteiger partial charge in [-0.25, -0.2) is 0 Å². The summed E-state index contributed by atoms with van der Waals surface area (Å²) >= 11 is 1.04. The Hall–Kier alpha value is -2.55. The zero-order valence-corrected chi connectivity index (χ0v) is 13.3. The minimum atomic E-state index is -1.04. The molecule has 1 aromatic rings. The molecule has 8 nitrogen and oxygen atoms in total. The van der Waals surface area contributed by atoms with Crippen LogP contribution in [0.4, 0.5) is 0 Å². The summed E-state index contributed by atoms with van der Waals surface area (Å²) in [5, 5.41) is 18.6. The lowest BCUT2D eigenvalue weighted by Gasteiger charge is -2.06. The van der Waals surface area contributed by atoms with Crippen LogP contribution in [-0.4, -0.2) is 47.8 Å². The van der Waals surface area contributed by atoms with Gasteiger partial charge in [0.25, 0.3) is 0 Å². The van der Waals surface area contributed by atoms with Crippen molar-refractivity contribution in [2.24, 2.45) is 10.2 Å². The first-order valence-electron chi connectivity index (χ1n) is 6.56. The fourth-order valence-electron chi connectivity index (χ4n) is 1.83. The lowest BCUT2D eigenvalue weighted by Crippen LogP contribution is -2.26. The number of nitrogens with one attached hydrogen (secondary N) is 1.